The zero-order chi connectivity index (χ0) is 20.8. The summed E-state index contributed by atoms with van der Waals surface area (Å²) in [6, 6.07) is 14.4. The summed E-state index contributed by atoms with van der Waals surface area (Å²) in [6.45, 7) is 2.05. The Kier molecular flexibility index (Phi) is 6.95. The number of aryl methyl sites for hydroxylation is 1. The van der Waals surface area contributed by atoms with Crippen LogP contribution in [-0.4, -0.2) is 41.6 Å². The summed E-state index contributed by atoms with van der Waals surface area (Å²) in [7, 11) is 0. The van der Waals surface area contributed by atoms with Crippen molar-refractivity contribution in [1.82, 2.24) is 10.2 Å². The van der Waals surface area contributed by atoms with Gasteiger partial charge in [0, 0.05) is 18.1 Å². The maximum absolute atomic E-state index is 12.5. The van der Waals surface area contributed by atoms with E-state index < -0.39 is 0 Å². The van der Waals surface area contributed by atoms with Gasteiger partial charge < -0.3 is 10.1 Å². The zero-order valence-corrected chi connectivity index (χ0v) is 17.3. The van der Waals surface area contributed by atoms with E-state index in [9.17, 15) is 14.4 Å². The Hall–Kier alpha value is -2.77. The lowest BCUT2D eigenvalue weighted by Crippen LogP contribution is -2.38. The SMILES string of the molecule is Cc1cccc(OCC(=O)NCCN2C(=O)S/C(=C\c3ccc(Cl)cc3)C2=O)c1. The van der Waals surface area contributed by atoms with Crippen molar-refractivity contribution >= 4 is 46.5 Å². The topological polar surface area (TPSA) is 75.7 Å². The second kappa shape index (κ2) is 9.62. The molecular formula is C21H19ClN2O4S. The minimum atomic E-state index is -0.375. The van der Waals surface area contributed by atoms with Gasteiger partial charge in [0.05, 0.1) is 4.91 Å². The Morgan fingerprint density at radius 3 is 2.69 bits per heavy atom. The number of amides is 3. The monoisotopic (exact) mass is 430 g/mol. The number of nitrogens with zero attached hydrogens (tertiary/aromatic N) is 1. The van der Waals surface area contributed by atoms with Crippen LogP contribution in [0.15, 0.2) is 53.4 Å². The molecule has 8 heteroatoms. The molecule has 6 nitrogen and oxygen atoms in total. The molecule has 0 bridgehead atoms. The summed E-state index contributed by atoms with van der Waals surface area (Å²) in [4.78, 5) is 38.0. The normalized spacial score (nSPS) is 15.1. The second-order valence-corrected chi connectivity index (χ2v) is 7.77. The van der Waals surface area contributed by atoms with Crippen LogP contribution in [0.4, 0.5) is 4.79 Å². The first kappa shape index (κ1) is 21.0. The number of carbonyl (C=O) groups excluding carboxylic acids is 3. The molecule has 0 radical (unpaired) electrons. The van der Waals surface area contributed by atoms with E-state index in [1.54, 1.807) is 36.4 Å². The average Bonchev–Trinajstić information content (AvgIpc) is 2.95. The van der Waals surface area contributed by atoms with Crippen molar-refractivity contribution in [3.05, 3.63) is 69.6 Å². The van der Waals surface area contributed by atoms with Gasteiger partial charge in [0.2, 0.25) is 0 Å². The van der Waals surface area contributed by atoms with Gasteiger partial charge >= 0.3 is 0 Å². The largest absolute Gasteiger partial charge is 0.484 e. The van der Waals surface area contributed by atoms with Crippen LogP contribution in [0.2, 0.25) is 5.02 Å². The van der Waals surface area contributed by atoms with E-state index in [-0.39, 0.29) is 36.7 Å². The molecule has 2 aromatic rings. The highest BCUT2D eigenvalue weighted by atomic mass is 35.5. The van der Waals surface area contributed by atoms with Crippen LogP contribution < -0.4 is 10.1 Å². The molecule has 3 rings (SSSR count). The molecule has 1 saturated heterocycles. The number of carbonyl (C=O) groups is 3. The molecule has 0 atom stereocenters. The van der Waals surface area contributed by atoms with E-state index in [4.69, 9.17) is 16.3 Å². The number of benzene rings is 2. The van der Waals surface area contributed by atoms with Crippen molar-refractivity contribution in [3.63, 3.8) is 0 Å². The van der Waals surface area contributed by atoms with Crippen LogP contribution in [0.25, 0.3) is 6.08 Å². The van der Waals surface area contributed by atoms with Gasteiger partial charge in [0.1, 0.15) is 5.75 Å². The van der Waals surface area contributed by atoms with Crippen LogP contribution in [-0.2, 0) is 9.59 Å². The smallest absolute Gasteiger partial charge is 0.293 e. The molecule has 0 unspecified atom stereocenters. The Labute approximate surface area is 177 Å². The molecule has 0 aliphatic carbocycles. The molecule has 2 aromatic carbocycles. The maximum atomic E-state index is 12.5. The van der Waals surface area contributed by atoms with Gasteiger partial charge in [0.25, 0.3) is 17.1 Å². The van der Waals surface area contributed by atoms with Crippen LogP contribution in [0.1, 0.15) is 11.1 Å². The summed E-state index contributed by atoms with van der Waals surface area (Å²) in [5.41, 5.74) is 1.82. The van der Waals surface area contributed by atoms with Crippen molar-refractivity contribution in [2.75, 3.05) is 19.7 Å². The molecule has 150 valence electrons. The van der Waals surface area contributed by atoms with Crippen molar-refractivity contribution < 1.29 is 19.1 Å². The molecule has 1 heterocycles. The molecule has 0 spiro atoms. The van der Waals surface area contributed by atoms with E-state index in [1.807, 2.05) is 25.1 Å². The number of ether oxygens (including phenoxy) is 1. The van der Waals surface area contributed by atoms with E-state index in [1.165, 1.54) is 0 Å². The Morgan fingerprint density at radius 1 is 1.21 bits per heavy atom. The first-order valence-electron chi connectivity index (χ1n) is 8.89. The molecule has 3 amide bonds. The van der Waals surface area contributed by atoms with Crippen LogP contribution >= 0.6 is 23.4 Å². The van der Waals surface area contributed by atoms with E-state index >= 15 is 0 Å². The first-order valence-corrected chi connectivity index (χ1v) is 10.1. The van der Waals surface area contributed by atoms with E-state index in [0.29, 0.717) is 15.7 Å². The fourth-order valence-corrected chi connectivity index (χ4v) is 3.61. The Morgan fingerprint density at radius 2 is 1.97 bits per heavy atom. The molecule has 1 fully saturated rings. The molecule has 29 heavy (non-hydrogen) atoms. The minimum Gasteiger partial charge on any atom is -0.484 e. The number of imide groups is 1. The number of hydrogen-bond donors (Lipinski definition) is 1. The van der Waals surface area contributed by atoms with E-state index in [2.05, 4.69) is 5.32 Å². The summed E-state index contributed by atoms with van der Waals surface area (Å²) in [5, 5.41) is 2.89. The van der Waals surface area contributed by atoms with Crippen molar-refractivity contribution in [1.29, 1.82) is 0 Å². The summed E-state index contributed by atoms with van der Waals surface area (Å²) < 4.78 is 5.42. The molecule has 0 aromatic heterocycles. The summed E-state index contributed by atoms with van der Waals surface area (Å²) in [6.07, 6.45) is 1.65. The fourth-order valence-electron chi connectivity index (χ4n) is 2.62. The number of thioether (sulfide) groups is 1. The van der Waals surface area contributed by atoms with Crippen LogP contribution in [0, 0.1) is 6.92 Å². The third kappa shape index (κ3) is 5.85. The highest BCUT2D eigenvalue weighted by molar-refractivity contribution is 8.18. The third-order valence-corrected chi connectivity index (χ3v) is 5.22. The van der Waals surface area contributed by atoms with Gasteiger partial charge in [-0.25, -0.2) is 0 Å². The van der Waals surface area contributed by atoms with Crippen LogP contribution in [0.5, 0.6) is 5.75 Å². The van der Waals surface area contributed by atoms with Gasteiger partial charge in [-0.1, -0.05) is 35.9 Å². The third-order valence-electron chi connectivity index (χ3n) is 4.06. The fraction of sp³-hybridized carbons (Fsp3) is 0.190. The quantitative estimate of drug-likeness (QED) is 0.674. The second-order valence-electron chi connectivity index (χ2n) is 6.34. The summed E-state index contributed by atoms with van der Waals surface area (Å²) >= 11 is 6.73. The van der Waals surface area contributed by atoms with Gasteiger partial charge in [-0.05, 0) is 60.2 Å². The van der Waals surface area contributed by atoms with Crippen LogP contribution in [0.3, 0.4) is 0 Å². The van der Waals surface area contributed by atoms with Gasteiger partial charge in [-0.15, -0.1) is 0 Å². The lowest BCUT2D eigenvalue weighted by molar-refractivity contribution is -0.125. The van der Waals surface area contributed by atoms with Crippen molar-refractivity contribution in [3.8, 4) is 5.75 Å². The Bertz CT molecular complexity index is 959. The highest BCUT2D eigenvalue weighted by Crippen LogP contribution is 2.32. The number of rotatable bonds is 7. The summed E-state index contributed by atoms with van der Waals surface area (Å²) in [5.74, 6) is -0.0891. The molecule has 1 aliphatic rings. The predicted molar refractivity (Wildman–Crippen MR) is 114 cm³/mol. The average molecular weight is 431 g/mol. The van der Waals surface area contributed by atoms with Crippen molar-refractivity contribution in [2.24, 2.45) is 0 Å². The number of hydrogen-bond acceptors (Lipinski definition) is 5. The predicted octanol–water partition coefficient (Wildman–Crippen LogP) is 3.88. The minimum absolute atomic E-state index is 0.0960. The number of halogens is 1. The van der Waals surface area contributed by atoms with E-state index in [0.717, 1.165) is 27.8 Å². The lowest BCUT2D eigenvalue weighted by atomic mass is 10.2. The lowest BCUT2D eigenvalue weighted by Gasteiger charge is -2.13. The van der Waals surface area contributed by atoms with Gasteiger partial charge in [-0.2, -0.15) is 0 Å². The molecule has 0 saturated carbocycles. The van der Waals surface area contributed by atoms with Gasteiger partial charge in [-0.3, -0.25) is 19.3 Å². The molecular weight excluding hydrogens is 412 g/mol. The van der Waals surface area contributed by atoms with Crippen molar-refractivity contribution in [2.45, 2.75) is 6.92 Å². The first-order chi connectivity index (χ1) is 13.9. The van der Waals surface area contributed by atoms with Gasteiger partial charge in [0.15, 0.2) is 6.61 Å². The number of nitrogens with one attached hydrogen (secondary N) is 1. The highest BCUT2D eigenvalue weighted by Gasteiger charge is 2.34. The standard InChI is InChI=1S/C21H19ClN2O4S/c1-14-3-2-4-17(11-14)28-13-19(25)23-9-10-24-20(26)18(29-21(24)27)12-15-5-7-16(22)8-6-15/h2-8,11-12H,9-10,13H2,1H3,(H,23,25)/b18-12-. The zero-order valence-electron chi connectivity index (χ0n) is 15.7. The molecule has 1 N–H and O–H groups in total. The molecule has 1 aliphatic heterocycles. The Balaban J connectivity index is 1.47. The maximum Gasteiger partial charge on any atom is 0.293 e.